The summed E-state index contributed by atoms with van der Waals surface area (Å²) in [6.45, 7) is 0. The predicted molar refractivity (Wildman–Crippen MR) is 65.8 cm³/mol. The molecule has 6 nitrogen and oxygen atoms in total. The summed E-state index contributed by atoms with van der Waals surface area (Å²) in [5.41, 5.74) is 1.46. The third-order valence-electron chi connectivity index (χ3n) is 3.00. The highest BCUT2D eigenvalue weighted by atomic mass is 79.9. The first kappa shape index (κ1) is 11.3. The van der Waals surface area contributed by atoms with Crippen LogP contribution in [0, 0.1) is 0 Å². The van der Waals surface area contributed by atoms with Gasteiger partial charge in [-0.05, 0) is 18.6 Å². The lowest BCUT2D eigenvalue weighted by Crippen LogP contribution is -2.40. The van der Waals surface area contributed by atoms with Gasteiger partial charge in [-0.15, -0.1) is 10.2 Å². The van der Waals surface area contributed by atoms with Gasteiger partial charge in [0.05, 0.1) is 5.92 Å². The maximum Gasteiger partial charge on any atom is 0.235 e. The average molecular weight is 309 g/mol. The Kier molecular flexibility index (Phi) is 2.62. The molecule has 1 N–H and O–H groups in total. The molecule has 18 heavy (non-hydrogen) atoms. The van der Waals surface area contributed by atoms with Crippen LogP contribution in [0.25, 0.3) is 5.65 Å². The SMILES string of the molecule is O=C1CCC(c2cc(Br)cc3nncn23)C(=O)N1. The second-order valence-electron chi connectivity index (χ2n) is 4.16. The summed E-state index contributed by atoms with van der Waals surface area (Å²) < 4.78 is 2.60. The molecular formula is C11H9BrN4O2. The van der Waals surface area contributed by atoms with Crippen molar-refractivity contribution in [3.05, 3.63) is 28.6 Å². The van der Waals surface area contributed by atoms with E-state index in [0.29, 0.717) is 18.5 Å². The zero-order chi connectivity index (χ0) is 12.7. The van der Waals surface area contributed by atoms with Crippen LogP contribution in [0.1, 0.15) is 24.5 Å². The van der Waals surface area contributed by atoms with Crippen LogP contribution in [0.3, 0.4) is 0 Å². The molecule has 0 aliphatic carbocycles. The number of imide groups is 1. The molecule has 0 radical (unpaired) electrons. The Labute approximate surface area is 111 Å². The average Bonchev–Trinajstić information content (AvgIpc) is 2.76. The van der Waals surface area contributed by atoms with Crippen LogP contribution in [0.15, 0.2) is 22.9 Å². The number of halogens is 1. The van der Waals surface area contributed by atoms with Crippen LogP contribution >= 0.6 is 15.9 Å². The molecule has 7 heteroatoms. The van der Waals surface area contributed by atoms with Gasteiger partial charge < -0.3 is 0 Å². The molecule has 1 aliphatic rings. The van der Waals surface area contributed by atoms with E-state index < -0.39 is 0 Å². The number of nitrogens with one attached hydrogen (secondary N) is 1. The van der Waals surface area contributed by atoms with Crippen molar-refractivity contribution >= 4 is 33.4 Å². The maximum absolute atomic E-state index is 11.9. The molecule has 2 aromatic rings. The van der Waals surface area contributed by atoms with E-state index in [1.165, 1.54) is 0 Å². The molecule has 2 aromatic heterocycles. The molecule has 0 aromatic carbocycles. The molecule has 0 saturated carbocycles. The summed E-state index contributed by atoms with van der Waals surface area (Å²) in [5, 5.41) is 10.1. The number of carbonyl (C=O) groups excluding carboxylic acids is 2. The fourth-order valence-electron chi connectivity index (χ4n) is 2.16. The third-order valence-corrected chi connectivity index (χ3v) is 3.46. The van der Waals surface area contributed by atoms with E-state index in [0.717, 1.165) is 10.2 Å². The second-order valence-corrected chi connectivity index (χ2v) is 5.08. The number of hydrogen-bond acceptors (Lipinski definition) is 4. The van der Waals surface area contributed by atoms with E-state index in [2.05, 4.69) is 31.4 Å². The number of carbonyl (C=O) groups is 2. The molecule has 2 amide bonds. The van der Waals surface area contributed by atoms with E-state index in [9.17, 15) is 9.59 Å². The summed E-state index contributed by atoms with van der Waals surface area (Å²) in [7, 11) is 0. The van der Waals surface area contributed by atoms with Crippen molar-refractivity contribution in [1.82, 2.24) is 19.9 Å². The van der Waals surface area contributed by atoms with Crippen LogP contribution in [0.2, 0.25) is 0 Å². The van der Waals surface area contributed by atoms with Crippen molar-refractivity contribution in [1.29, 1.82) is 0 Å². The first-order chi connectivity index (χ1) is 8.65. The molecule has 92 valence electrons. The van der Waals surface area contributed by atoms with Crippen molar-refractivity contribution in [3.63, 3.8) is 0 Å². The van der Waals surface area contributed by atoms with Crippen LogP contribution in [-0.2, 0) is 9.59 Å². The van der Waals surface area contributed by atoms with Crippen molar-refractivity contribution in [2.45, 2.75) is 18.8 Å². The predicted octanol–water partition coefficient (Wildman–Crippen LogP) is 1.01. The minimum absolute atomic E-state index is 0.216. The number of piperidine rings is 1. The van der Waals surface area contributed by atoms with E-state index in [4.69, 9.17) is 0 Å². The zero-order valence-corrected chi connectivity index (χ0v) is 10.8. The summed E-state index contributed by atoms with van der Waals surface area (Å²) in [6.07, 6.45) is 2.43. The molecule has 3 rings (SSSR count). The van der Waals surface area contributed by atoms with Gasteiger partial charge in [0.2, 0.25) is 11.8 Å². The molecule has 1 atom stereocenters. The topological polar surface area (TPSA) is 76.4 Å². The van der Waals surface area contributed by atoms with Crippen LogP contribution in [0.4, 0.5) is 0 Å². The van der Waals surface area contributed by atoms with Crippen LogP contribution in [0.5, 0.6) is 0 Å². The van der Waals surface area contributed by atoms with Gasteiger partial charge in [-0.25, -0.2) is 0 Å². The monoisotopic (exact) mass is 308 g/mol. The van der Waals surface area contributed by atoms with E-state index in [-0.39, 0.29) is 17.7 Å². The Bertz CT molecular complexity index is 652. The summed E-state index contributed by atoms with van der Waals surface area (Å²) >= 11 is 3.39. The first-order valence-corrected chi connectivity index (χ1v) is 6.27. The lowest BCUT2D eigenvalue weighted by Gasteiger charge is -2.21. The Morgan fingerprint density at radius 3 is 3.00 bits per heavy atom. The standard InChI is InChI=1S/C11H9BrN4O2/c12-6-3-8(16-5-13-15-9(16)4-6)7-1-2-10(17)14-11(7)18/h3-5,7H,1-2H2,(H,14,17,18). The molecule has 3 heterocycles. The minimum atomic E-state index is -0.348. The Hall–Kier alpha value is -1.76. The van der Waals surface area contributed by atoms with Crippen molar-refractivity contribution < 1.29 is 9.59 Å². The third kappa shape index (κ3) is 1.80. The first-order valence-electron chi connectivity index (χ1n) is 5.48. The minimum Gasteiger partial charge on any atom is -0.296 e. The van der Waals surface area contributed by atoms with Crippen LogP contribution < -0.4 is 5.32 Å². The number of nitrogens with zero attached hydrogens (tertiary/aromatic N) is 3. The van der Waals surface area contributed by atoms with Gasteiger partial charge in [-0.3, -0.25) is 19.3 Å². The van der Waals surface area contributed by atoms with E-state index >= 15 is 0 Å². The number of aromatic nitrogens is 3. The van der Waals surface area contributed by atoms with Crippen molar-refractivity contribution in [3.8, 4) is 0 Å². The highest BCUT2D eigenvalue weighted by molar-refractivity contribution is 9.10. The van der Waals surface area contributed by atoms with Gasteiger partial charge in [-0.1, -0.05) is 15.9 Å². The second kappa shape index (κ2) is 4.16. The number of amides is 2. The van der Waals surface area contributed by atoms with E-state index in [1.54, 1.807) is 10.7 Å². The maximum atomic E-state index is 11.9. The summed E-state index contributed by atoms with van der Waals surface area (Å²) in [6, 6.07) is 3.68. The normalized spacial score (nSPS) is 20.2. The number of hydrogen-bond donors (Lipinski definition) is 1. The Balaban J connectivity index is 2.11. The lowest BCUT2D eigenvalue weighted by molar-refractivity contribution is -0.134. The Morgan fingerprint density at radius 2 is 2.22 bits per heavy atom. The van der Waals surface area contributed by atoms with Gasteiger partial charge in [0.25, 0.3) is 0 Å². The highest BCUT2D eigenvalue weighted by Crippen LogP contribution is 2.27. The van der Waals surface area contributed by atoms with Gasteiger partial charge in [0, 0.05) is 16.6 Å². The fourth-order valence-corrected chi connectivity index (χ4v) is 2.60. The molecule has 1 saturated heterocycles. The molecule has 1 unspecified atom stereocenters. The van der Waals surface area contributed by atoms with Gasteiger partial charge in [0.15, 0.2) is 5.65 Å². The molecule has 0 spiro atoms. The molecule has 1 aliphatic heterocycles. The fraction of sp³-hybridized carbons (Fsp3) is 0.273. The molecular weight excluding hydrogens is 300 g/mol. The van der Waals surface area contributed by atoms with Gasteiger partial charge in [0.1, 0.15) is 6.33 Å². The smallest absolute Gasteiger partial charge is 0.235 e. The van der Waals surface area contributed by atoms with Crippen molar-refractivity contribution in [2.75, 3.05) is 0 Å². The molecule has 0 bridgehead atoms. The number of rotatable bonds is 1. The highest BCUT2D eigenvalue weighted by Gasteiger charge is 2.29. The van der Waals surface area contributed by atoms with Crippen LogP contribution in [-0.4, -0.2) is 26.4 Å². The summed E-state index contributed by atoms with van der Waals surface area (Å²) in [4.78, 5) is 23.0. The van der Waals surface area contributed by atoms with Gasteiger partial charge >= 0.3 is 0 Å². The number of pyridine rings is 1. The van der Waals surface area contributed by atoms with E-state index in [1.807, 2.05) is 12.1 Å². The zero-order valence-electron chi connectivity index (χ0n) is 9.26. The van der Waals surface area contributed by atoms with Crippen molar-refractivity contribution in [2.24, 2.45) is 0 Å². The van der Waals surface area contributed by atoms with Gasteiger partial charge in [-0.2, -0.15) is 0 Å². The summed E-state index contributed by atoms with van der Waals surface area (Å²) in [5.74, 6) is -0.829. The Morgan fingerprint density at radius 1 is 1.39 bits per heavy atom. The largest absolute Gasteiger partial charge is 0.296 e. The number of fused-ring (bicyclic) bond motifs is 1. The quantitative estimate of drug-likeness (QED) is 0.798. The molecule has 1 fully saturated rings. The lowest BCUT2D eigenvalue weighted by atomic mass is 9.94.